The number of rotatable bonds is 5. The van der Waals surface area contributed by atoms with Crippen molar-refractivity contribution in [1.82, 2.24) is 15.0 Å². The van der Waals surface area contributed by atoms with Crippen LogP contribution in [0, 0.1) is 0 Å². The lowest BCUT2D eigenvalue weighted by Gasteiger charge is -2.08. The third kappa shape index (κ3) is 4.20. The van der Waals surface area contributed by atoms with E-state index in [1.54, 1.807) is 6.07 Å². The van der Waals surface area contributed by atoms with Crippen molar-refractivity contribution in [3.63, 3.8) is 0 Å². The Morgan fingerprint density at radius 3 is 2.71 bits per heavy atom. The predicted octanol–water partition coefficient (Wildman–Crippen LogP) is 4.80. The van der Waals surface area contributed by atoms with E-state index in [9.17, 15) is 18.0 Å². The average Bonchev–Trinajstić information content (AvgIpc) is 3.22. The molecule has 0 saturated carbocycles. The number of benzene rings is 2. The minimum atomic E-state index is -4.80. The molecule has 0 unspecified atom stereocenters. The fraction of sp³-hybridized carbons (Fsp3) is 0.118. The van der Waals surface area contributed by atoms with Gasteiger partial charge in [-0.15, -0.1) is 13.2 Å². The number of fused-ring (bicyclic) bond motifs is 2. The number of anilines is 1. The van der Waals surface area contributed by atoms with Crippen molar-refractivity contribution in [3.05, 3.63) is 42.5 Å². The highest BCUT2D eigenvalue weighted by Crippen LogP contribution is 2.36. The molecule has 0 atom stereocenters. The van der Waals surface area contributed by atoms with Crippen LogP contribution in [-0.4, -0.2) is 33.0 Å². The molecular weight excluding hydrogens is 413 g/mol. The molecule has 2 aromatic carbocycles. The second-order valence-electron chi connectivity index (χ2n) is 5.57. The lowest BCUT2D eigenvalue weighted by atomic mass is 10.3. The molecule has 0 fully saturated rings. The first-order chi connectivity index (χ1) is 13.4. The van der Waals surface area contributed by atoms with Crippen LogP contribution in [-0.2, 0) is 4.79 Å². The van der Waals surface area contributed by atoms with Crippen molar-refractivity contribution < 1.29 is 22.7 Å². The number of para-hydroxylation sites is 2. The Hall–Kier alpha value is -2.79. The fourth-order valence-corrected chi connectivity index (χ4v) is 4.09. The van der Waals surface area contributed by atoms with Crippen LogP contribution in [0.2, 0.25) is 0 Å². The maximum atomic E-state index is 12.5. The summed E-state index contributed by atoms with van der Waals surface area (Å²) in [4.78, 5) is 23.8. The van der Waals surface area contributed by atoms with Gasteiger partial charge in [-0.25, -0.2) is 9.97 Å². The lowest BCUT2D eigenvalue weighted by Crippen LogP contribution is -2.17. The Bertz CT molecular complexity index is 1120. The Balaban J connectivity index is 1.44. The van der Waals surface area contributed by atoms with Gasteiger partial charge in [-0.05, 0) is 24.3 Å². The van der Waals surface area contributed by atoms with E-state index >= 15 is 0 Å². The van der Waals surface area contributed by atoms with Crippen molar-refractivity contribution in [2.24, 2.45) is 0 Å². The van der Waals surface area contributed by atoms with Gasteiger partial charge in [0, 0.05) is 0 Å². The Kier molecular flexibility index (Phi) is 4.85. The zero-order chi connectivity index (χ0) is 19.7. The third-order valence-electron chi connectivity index (χ3n) is 3.56. The van der Waals surface area contributed by atoms with Crippen molar-refractivity contribution in [1.29, 1.82) is 0 Å². The summed E-state index contributed by atoms with van der Waals surface area (Å²) in [6.45, 7) is 0. The zero-order valence-electron chi connectivity index (χ0n) is 13.9. The van der Waals surface area contributed by atoms with Gasteiger partial charge in [0.2, 0.25) is 5.91 Å². The third-order valence-corrected chi connectivity index (χ3v) is 5.43. The summed E-state index contributed by atoms with van der Waals surface area (Å²) < 4.78 is 41.7. The summed E-state index contributed by atoms with van der Waals surface area (Å²) in [5.41, 5.74) is 1.98. The number of thiazole rings is 1. The summed E-state index contributed by atoms with van der Waals surface area (Å²) in [6.07, 6.45) is -4.80. The standard InChI is InChI=1S/C17H11F3N4O2S2/c18-17(19,20)26-12-7-3-6-11-14(12)28-16(23-11)24-13(25)8-27-15-21-9-4-1-2-5-10(9)22-15/h1-7H,8H2,(H,21,22)(H,23,24,25). The van der Waals surface area contributed by atoms with Gasteiger partial charge in [-0.2, -0.15) is 0 Å². The van der Waals surface area contributed by atoms with Gasteiger partial charge in [-0.1, -0.05) is 41.3 Å². The van der Waals surface area contributed by atoms with E-state index in [-0.39, 0.29) is 27.2 Å². The second kappa shape index (κ2) is 7.32. The lowest BCUT2D eigenvalue weighted by molar-refractivity contribution is -0.274. The number of thioether (sulfide) groups is 1. The molecule has 11 heteroatoms. The molecule has 0 radical (unpaired) electrons. The van der Waals surface area contributed by atoms with Crippen molar-refractivity contribution in [3.8, 4) is 5.75 Å². The summed E-state index contributed by atoms with van der Waals surface area (Å²) in [6, 6.07) is 11.7. The first-order valence-electron chi connectivity index (χ1n) is 7.90. The van der Waals surface area contributed by atoms with Gasteiger partial charge in [0.25, 0.3) is 0 Å². The Morgan fingerprint density at radius 2 is 1.93 bits per heavy atom. The molecule has 0 saturated heterocycles. The molecule has 0 aliphatic heterocycles. The van der Waals surface area contributed by atoms with E-state index in [0.717, 1.165) is 22.4 Å². The number of alkyl halides is 3. The highest BCUT2D eigenvalue weighted by atomic mass is 32.2. The minimum absolute atomic E-state index is 0.0711. The molecule has 2 heterocycles. The normalized spacial score (nSPS) is 11.8. The molecular formula is C17H11F3N4O2S2. The molecule has 0 spiro atoms. The molecule has 144 valence electrons. The molecule has 6 nitrogen and oxygen atoms in total. The quantitative estimate of drug-likeness (QED) is 0.450. The number of H-pyrrole nitrogens is 1. The minimum Gasteiger partial charge on any atom is -0.404 e. The van der Waals surface area contributed by atoms with E-state index in [4.69, 9.17) is 0 Å². The molecule has 4 rings (SSSR count). The van der Waals surface area contributed by atoms with Crippen molar-refractivity contribution in [2.45, 2.75) is 11.5 Å². The van der Waals surface area contributed by atoms with Gasteiger partial charge >= 0.3 is 6.36 Å². The molecule has 1 amide bonds. The summed E-state index contributed by atoms with van der Waals surface area (Å²) in [5, 5.41) is 3.39. The summed E-state index contributed by atoms with van der Waals surface area (Å²) >= 11 is 2.13. The Labute approximate surface area is 164 Å². The maximum absolute atomic E-state index is 12.5. The highest BCUT2D eigenvalue weighted by molar-refractivity contribution is 7.99. The predicted molar refractivity (Wildman–Crippen MR) is 102 cm³/mol. The summed E-state index contributed by atoms with van der Waals surface area (Å²) in [5.74, 6) is -0.621. The smallest absolute Gasteiger partial charge is 0.404 e. The first kappa shape index (κ1) is 18.6. The van der Waals surface area contributed by atoms with Crippen LogP contribution < -0.4 is 10.1 Å². The van der Waals surface area contributed by atoms with E-state index < -0.39 is 6.36 Å². The number of imidazole rings is 1. The largest absolute Gasteiger partial charge is 0.573 e. The van der Waals surface area contributed by atoms with Crippen molar-refractivity contribution >= 4 is 55.4 Å². The molecule has 0 aliphatic rings. The molecule has 0 bridgehead atoms. The number of aromatic amines is 1. The van der Waals surface area contributed by atoms with E-state index in [1.807, 2.05) is 24.3 Å². The second-order valence-corrected chi connectivity index (χ2v) is 7.53. The highest BCUT2D eigenvalue weighted by Gasteiger charge is 2.32. The van der Waals surface area contributed by atoms with E-state index in [1.165, 1.54) is 23.9 Å². The Morgan fingerprint density at radius 1 is 1.14 bits per heavy atom. The van der Waals surface area contributed by atoms with E-state index in [0.29, 0.717) is 10.7 Å². The first-order valence-corrected chi connectivity index (χ1v) is 9.70. The van der Waals surface area contributed by atoms with Crippen LogP contribution in [0.25, 0.3) is 21.3 Å². The van der Waals surface area contributed by atoms with Crippen LogP contribution >= 0.6 is 23.1 Å². The topological polar surface area (TPSA) is 79.9 Å². The number of hydrogen-bond acceptors (Lipinski definition) is 6. The van der Waals surface area contributed by atoms with Gasteiger partial charge in [0.1, 0.15) is 5.75 Å². The summed E-state index contributed by atoms with van der Waals surface area (Å²) in [7, 11) is 0. The number of ether oxygens (including phenoxy) is 1. The van der Waals surface area contributed by atoms with Gasteiger partial charge in [0.15, 0.2) is 10.3 Å². The number of aromatic nitrogens is 3. The fourth-order valence-electron chi connectivity index (χ4n) is 2.47. The van der Waals surface area contributed by atoms with Crippen LogP contribution in [0.1, 0.15) is 0 Å². The number of carbonyl (C=O) groups excluding carboxylic acids is 1. The average molecular weight is 424 g/mol. The zero-order valence-corrected chi connectivity index (χ0v) is 15.5. The number of nitrogens with zero attached hydrogens (tertiary/aromatic N) is 2. The van der Waals surface area contributed by atoms with Gasteiger partial charge in [-0.3, -0.25) is 4.79 Å². The molecule has 4 aromatic rings. The maximum Gasteiger partial charge on any atom is 0.573 e. The molecule has 2 aromatic heterocycles. The molecule has 2 N–H and O–H groups in total. The number of halogens is 3. The number of carbonyl (C=O) groups is 1. The van der Waals surface area contributed by atoms with Crippen LogP contribution in [0.4, 0.5) is 18.3 Å². The number of amides is 1. The molecule has 0 aliphatic carbocycles. The van der Waals surface area contributed by atoms with Gasteiger partial charge < -0.3 is 15.0 Å². The van der Waals surface area contributed by atoms with E-state index in [2.05, 4.69) is 25.0 Å². The van der Waals surface area contributed by atoms with Gasteiger partial charge in [0.05, 0.1) is 27.0 Å². The number of hydrogen-bond donors (Lipinski definition) is 2. The molecule has 28 heavy (non-hydrogen) atoms. The van der Waals surface area contributed by atoms with Crippen LogP contribution in [0.15, 0.2) is 47.6 Å². The van der Waals surface area contributed by atoms with Crippen LogP contribution in [0.3, 0.4) is 0 Å². The SMILES string of the molecule is O=C(CSc1nc2ccccc2[nH]1)Nc1nc2cccc(OC(F)(F)F)c2s1. The number of nitrogens with one attached hydrogen (secondary N) is 2. The monoisotopic (exact) mass is 424 g/mol. The van der Waals surface area contributed by atoms with Crippen molar-refractivity contribution in [2.75, 3.05) is 11.1 Å². The van der Waals surface area contributed by atoms with Crippen LogP contribution in [0.5, 0.6) is 5.75 Å².